The molecule has 0 saturated heterocycles. The number of nitrogens with one attached hydrogen (secondary N) is 1. The van der Waals surface area contributed by atoms with E-state index >= 15 is 0 Å². The number of anilines is 2. The maximum absolute atomic E-state index is 13.9. The quantitative estimate of drug-likeness (QED) is 0.915. The highest BCUT2D eigenvalue weighted by Gasteiger charge is 2.14. The Balaban J connectivity index is 2.20. The second kappa shape index (κ2) is 6.31. The van der Waals surface area contributed by atoms with E-state index in [-0.39, 0.29) is 23.1 Å². The summed E-state index contributed by atoms with van der Waals surface area (Å²) >= 11 is 0. The third kappa shape index (κ3) is 3.73. The lowest BCUT2D eigenvalue weighted by Crippen LogP contribution is -2.11. The molecule has 0 amide bonds. The molecule has 1 aromatic heterocycles. The average molecular weight is 323 g/mol. The molecular weight excluding hydrogens is 305 g/mol. The zero-order chi connectivity index (χ0) is 16.3. The van der Waals surface area contributed by atoms with Gasteiger partial charge in [0.1, 0.15) is 16.5 Å². The summed E-state index contributed by atoms with van der Waals surface area (Å²) in [6.07, 6.45) is 2.63. The van der Waals surface area contributed by atoms with Gasteiger partial charge in [-0.05, 0) is 29.8 Å². The number of aromatic nitrogens is 1. The van der Waals surface area contributed by atoms with Gasteiger partial charge in [0.25, 0.3) is 0 Å². The van der Waals surface area contributed by atoms with Crippen molar-refractivity contribution in [1.82, 2.24) is 4.98 Å². The number of benzene rings is 1. The molecule has 7 heteroatoms. The van der Waals surface area contributed by atoms with E-state index in [4.69, 9.17) is 0 Å². The molecule has 0 aliphatic carbocycles. The van der Waals surface area contributed by atoms with Crippen LogP contribution in [-0.2, 0) is 16.4 Å². The number of pyridine rings is 1. The van der Waals surface area contributed by atoms with Crippen molar-refractivity contribution in [3.8, 4) is 0 Å². The molecule has 0 saturated carbocycles. The third-order valence-corrected chi connectivity index (χ3v) is 4.25. The topological polar surface area (TPSA) is 62.3 Å². The molecule has 0 aliphatic rings. The van der Waals surface area contributed by atoms with Gasteiger partial charge in [-0.15, -0.1) is 0 Å². The fourth-order valence-corrected chi connectivity index (χ4v) is 2.83. The van der Waals surface area contributed by atoms with Gasteiger partial charge < -0.3 is 10.2 Å². The Morgan fingerprint density at radius 1 is 1.27 bits per heavy atom. The molecule has 22 heavy (non-hydrogen) atoms. The van der Waals surface area contributed by atoms with Crippen molar-refractivity contribution in [3.63, 3.8) is 0 Å². The summed E-state index contributed by atoms with van der Waals surface area (Å²) in [6.45, 7) is 0.282. The first-order valence-electron chi connectivity index (χ1n) is 6.64. The highest BCUT2D eigenvalue weighted by molar-refractivity contribution is 7.90. The van der Waals surface area contributed by atoms with Crippen LogP contribution in [0.1, 0.15) is 5.56 Å². The molecule has 1 N–H and O–H groups in total. The van der Waals surface area contributed by atoms with E-state index in [1.54, 1.807) is 37.2 Å². The molecule has 1 heterocycles. The maximum atomic E-state index is 13.9. The van der Waals surface area contributed by atoms with E-state index in [0.717, 1.165) is 6.26 Å². The molecule has 0 spiro atoms. The second-order valence-electron chi connectivity index (χ2n) is 5.16. The van der Waals surface area contributed by atoms with Crippen LogP contribution in [0.3, 0.4) is 0 Å². The van der Waals surface area contributed by atoms with E-state index in [2.05, 4.69) is 10.3 Å². The zero-order valence-electron chi connectivity index (χ0n) is 12.7. The maximum Gasteiger partial charge on any atom is 0.179 e. The summed E-state index contributed by atoms with van der Waals surface area (Å²) in [7, 11) is 0.163. The van der Waals surface area contributed by atoms with Gasteiger partial charge in [-0.1, -0.05) is 6.07 Å². The molecule has 0 fully saturated rings. The molecule has 0 bridgehead atoms. The fourth-order valence-electron chi connectivity index (χ4n) is 2.03. The highest BCUT2D eigenvalue weighted by Crippen LogP contribution is 2.21. The molecular formula is C15H18FN3O2S. The minimum Gasteiger partial charge on any atom is -0.375 e. The minimum absolute atomic E-state index is 0.125. The van der Waals surface area contributed by atoms with Gasteiger partial charge in [-0.2, -0.15) is 0 Å². The Bertz CT molecular complexity index is 776. The van der Waals surface area contributed by atoms with Crippen molar-refractivity contribution in [2.45, 2.75) is 11.4 Å². The average Bonchev–Trinajstić information content (AvgIpc) is 2.44. The van der Waals surface area contributed by atoms with Gasteiger partial charge in [0, 0.05) is 33.1 Å². The smallest absolute Gasteiger partial charge is 0.179 e. The molecule has 0 unspecified atom stereocenters. The number of sulfone groups is 1. The van der Waals surface area contributed by atoms with Crippen molar-refractivity contribution in [1.29, 1.82) is 0 Å². The predicted octanol–water partition coefficient (Wildman–Crippen LogP) is 2.30. The highest BCUT2D eigenvalue weighted by atomic mass is 32.2. The Kier molecular flexibility index (Phi) is 4.65. The normalized spacial score (nSPS) is 11.3. The Morgan fingerprint density at radius 3 is 2.59 bits per heavy atom. The largest absolute Gasteiger partial charge is 0.375 e. The van der Waals surface area contributed by atoms with E-state index < -0.39 is 9.84 Å². The van der Waals surface area contributed by atoms with Gasteiger partial charge in [0.2, 0.25) is 0 Å². The van der Waals surface area contributed by atoms with E-state index in [1.165, 1.54) is 18.3 Å². The van der Waals surface area contributed by atoms with Crippen LogP contribution in [0.15, 0.2) is 41.4 Å². The first-order chi connectivity index (χ1) is 10.3. The predicted molar refractivity (Wildman–Crippen MR) is 85.4 cm³/mol. The molecule has 5 nitrogen and oxygen atoms in total. The van der Waals surface area contributed by atoms with Crippen LogP contribution in [0.25, 0.3) is 0 Å². The summed E-state index contributed by atoms with van der Waals surface area (Å²) in [5.41, 5.74) is 1.20. The number of hydrogen-bond acceptors (Lipinski definition) is 5. The van der Waals surface area contributed by atoms with Crippen molar-refractivity contribution >= 4 is 21.3 Å². The van der Waals surface area contributed by atoms with Crippen LogP contribution in [0, 0.1) is 5.82 Å². The van der Waals surface area contributed by atoms with Gasteiger partial charge in [0.15, 0.2) is 9.84 Å². The molecule has 0 atom stereocenters. The first kappa shape index (κ1) is 16.2. The summed E-state index contributed by atoms with van der Waals surface area (Å²) in [6, 6.07) is 7.94. The standard InChI is InChI=1S/C15H18FN3O2S/c1-19(2)13-7-6-11(9-12(13)16)10-18-15-14(22(3,20)21)5-4-8-17-15/h4-9H,10H2,1-3H3,(H,17,18). The molecule has 118 valence electrons. The first-order valence-corrected chi connectivity index (χ1v) is 8.53. The summed E-state index contributed by atoms with van der Waals surface area (Å²) in [5.74, 6) is -0.0595. The van der Waals surface area contributed by atoms with E-state index in [0.29, 0.717) is 11.3 Å². The number of hydrogen-bond donors (Lipinski definition) is 1. The fraction of sp³-hybridized carbons (Fsp3) is 0.267. The Morgan fingerprint density at radius 2 is 2.00 bits per heavy atom. The van der Waals surface area contributed by atoms with Crippen LogP contribution in [0.4, 0.5) is 15.9 Å². The van der Waals surface area contributed by atoms with Crippen molar-refractivity contribution in [3.05, 3.63) is 47.9 Å². The van der Waals surface area contributed by atoms with Crippen LogP contribution in [0.2, 0.25) is 0 Å². The monoisotopic (exact) mass is 323 g/mol. The zero-order valence-corrected chi connectivity index (χ0v) is 13.5. The molecule has 1 aromatic carbocycles. The molecule has 0 aliphatic heterocycles. The van der Waals surface area contributed by atoms with Gasteiger partial charge in [-0.3, -0.25) is 0 Å². The third-order valence-electron chi connectivity index (χ3n) is 3.12. The summed E-state index contributed by atoms with van der Waals surface area (Å²) in [5, 5.41) is 2.94. The minimum atomic E-state index is -3.37. The summed E-state index contributed by atoms with van der Waals surface area (Å²) in [4.78, 5) is 5.85. The van der Waals surface area contributed by atoms with Crippen LogP contribution >= 0.6 is 0 Å². The van der Waals surface area contributed by atoms with Crippen LogP contribution in [-0.4, -0.2) is 33.8 Å². The van der Waals surface area contributed by atoms with Gasteiger partial charge >= 0.3 is 0 Å². The lowest BCUT2D eigenvalue weighted by Gasteiger charge is -2.15. The number of nitrogens with zero attached hydrogens (tertiary/aromatic N) is 2. The number of halogens is 1. The molecule has 2 aromatic rings. The van der Waals surface area contributed by atoms with Crippen LogP contribution in [0.5, 0.6) is 0 Å². The number of rotatable bonds is 5. The molecule has 0 radical (unpaired) electrons. The van der Waals surface area contributed by atoms with Gasteiger partial charge in [-0.25, -0.2) is 17.8 Å². The molecule has 2 rings (SSSR count). The van der Waals surface area contributed by atoms with Crippen LogP contribution < -0.4 is 10.2 Å². The van der Waals surface area contributed by atoms with Crippen molar-refractivity contribution in [2.24, 2.45) is 0 Å². The van der Waals surface area contributed by atoms with E-state index in [1.807, 2.05) is 0 Å². The van der Waals surface area contributed by atoms with Gasteiger partial charge in [0.05, 0.1) is 5.69 Å². The Hall–Kier alpha value is -2.15. The lowest BCUT2D eigenvalue weighted by atomic mass is 10.2. The second-order valence-corrected chi connectivity index (χ2v) is 7.14. The Labute approximate surface area is 129 Å². The SMILES string of the molecule is CN(C)c1ccc(CNc2ncccc2S(C)(=O)=O)cc1F. The lowest BCUT2D eigenvalue weighted by molar-refractivity contribution is 0.601. The van der Waals surface area contributed by atoms with E-state index in [9.17, 15) is 12.8 Å². The van der Waals surface area contributed by atoms with Crippen molar-refractivity contribution in [2.75, 3.05) is 30.6 Å². The summed E-state index contributed by atoms with van der Waals surface area (Å²) < 4.78 is 37.3. The van der Waals surface area contributed by atoms with Crippen molar-refractivity contribution < 1.29 is 12.8 Å².